The number of carbonyl (C=O) groups excluding carboxylic acids is 1. The normalized spacial score (nSPS) is 16.5. The van der Waals surface area contributed by atoms with Crippen molar-refractivity contribution in [1.29, 1.82) is 0 Å². The van der Waals surface area contributed by atoms with Gasteiger partial charge in [-0.05, 0) is 12.1 Å². The van der Waals surface area contributed by atoms with Crippen LogP contribution in [-0.4, -0.2) is 62.0 Å². The molecule has 0 aliphatic carbocycles. The first kappa shape index (κ1) is 17.1. The maximum absolute atomic E-state index is 12.2. The van der Waals surface area contributed by atoms with Crippen LogP contribution in [0.15, 0.2) is 23.6 Å². The van der Waals surface area contributed by atoms with Gasteiger partial charge in [0.15, 0.2) is 16.6 Å². The molecule has 9 heteroatoms. The van der Waals surface area contributed by atoms with Crippen LogP contribution in [0.1, 0.15) is 10.5 Å². The van der Waals surface area contributed by atoms with E-state index in [-0.39, 0.29) is 12.7 Å². The summed E-state index contributed by atoms with van der Waals surface area (Å²) in [6.07, 6.45) is 0. The largest absolute Gasteiger partial charge is 0.454 e. The molecule has 0 spiro atoms. The number of anilines is 2. The molecule has 1 aromatic carbocycles. The van der Waals surface area contributed by atoms with E-state index in [2.05, 4.69) is 20.5 Å². The number of nitrogens with zero attached hydrogens (tertiary/aromatic N) is 2. The second-order valence-corrected chi connectivity index (χ2v) is 6.80. The Labute approximate surface area is 155 Å². The zero-order valence-corrected chi connectivity index (χ0v) is 15.0. The number of benzene rings is 1. The summed E-state index contributed by atoms with van der Waals surface area (Å²) in [4.78, 5) is 18.9. The Hall–Kier alpha value is -2.36. The summed E-state index contributed by atoms with van der Waals surface area (Å²) in [5.74, 6) is 1.27. The lowest BCUT2D eigenvalue weighted by molar-refractivity contribution is 0.0383. The Bertz CT molecular complexity index is 776. The smallest absolute Gasteiger partial charge is 0.270 e. The highest BCUT2D eigenvalue weighted by Gasteiger charge is 2.15. The molecule has 26 heavy (non-hydrogen) atoms. The molecule has 2 aliphatic heterocycles. The van der Waals surface area contributed by atoms with Crippen LogP contribution in [0.2, 0.25) is 0 Å². The molecule has 2 aliphatic rings. The van der Waals surface area contributed by atoms with Gasteiger partial charge in [-0.2, -0.15) is 0 Å². The number of amides is 1. The van der Waals surface area contributed by atoms with Crippen molar-refractivity contribution in [2.45, 2.75) is 0 Å². The fourth-order valence-electron chi connectivity index (χ4n) is 2.78. The van der Waals surface area contributed by atoms with Crippen molar-refractivity contribution in [1.82, 2.24) is 15.2 Å². The molecule has 1 fully saturated rings. The zero-order valence-electron chi connectivity index (χ0n) is 14.2. The van der Waals surface area contributed by atoms with E-state index in [4.69, 9.17) is 14.2 Å². The van der Waals surface area contributed by atoms with Crippen LogP contribution in [0.5, 0.6) is 11.5 Å². The van der Waals surface area contributed by atoms with E-state index >= 15 is 0 Å². The highest BCUT2D eigenvalue weighted by Crippen LogP contribution is 2.35. The van der Waals surface area contributed by atoms with Crippen molar-refractivity contribution in [3.05, 3.63) is 29.3 Å². The van der Waals surface area contributed by atoms with Gasteiger partial charge in [0.2, 0.25) is 6.79 Å². The van der Waals surface area contributed by atoms with Gasteiger partial charge in [-0.1, -0.05) is 0 Å². The second kappa shape index (κ2) is 7.90. The van der Waals surface area contributed by atoms with Crippen molar-refractivity contribution in [2.24, 2.45) is 0 Å². The van der Waals surface area contributed by atoms with Gasteiger partial charge >= 0.3 is 0 Å². The first-order chi connectivity index (χ1) is 12.8. The predicted molar refractivity (Wildman–Crippen MR) is 97.6 cm³/mol. The number of carbonyl (C=O) groups is 1. The van der Waals surface area contributed by atoms with Gasteiger partial charge in [0, 0.05) is 43.3 Å². The van der Waals surface area contributed by atoms with Crippen molar-refractivity contribution in [3.63, 3.8) is 0 Å². The maximum Gasteiger partial charge on any atom is 0.270 e. The molecule has 0 bridgehead atoms. The SMILES string of the molecule is O=C(NCCN1CCOCC1)c1csc(Nc2ccc3c(c2)OCO3)n1. The minimum absolute atomic E-state index is 0.159. The van der Waals surface area contributed by atoms with E-state index < -0.39 is 0 Å². The highest BCUT2D eigenvalue weighted by molar-refractivity contribution is 7.14. The van der Waals surface area contributed by atoms with Crippen LogP contribution in [-0.2, 0) is 4.74 Å². The fourth-order valence-corrected chi connectivity index (χ4v) is 3.49. The zero-order chi connectivity index (χ0) is 17.8. The molecule has 8 nitrogen and oxygen atoms in total. The van der Waals surface area contributed by atoms with Crippen LogP contribution < -0.4 is 20.1 Å². The van der Waals surface area contributed by atoms with Gasteiger partial charge in [-0.3, -0.25) is 9.69 Å². The van der Waals surface area contributed by atoms with Crippen LogP contribution >= 0.6 is 11.3 Å². The molecule has 0 radical (unpaired) electrons. The minimum atomic E-state index is -0.159. The molecule has 4 rings (SSSR count). The molecule has 0 unspecified atom stereocenters. The van der Waals surface area contributed by atoms with Gasteiger partial charge in [-0.25, -0.2) is 4.98 Å². The molecular formula is C17H20N4O4S. The van der Waals surface area contributed by atoms with Crippen LogP contribution in [0.4, 0.5) is 10.8 Å². The summed E-state index contributed by atoms with van der Waals surface area (Å²) < 4.78 is 16.0. The lowest BCUT2D eigenvalue weighted by atomic mass is 10.3. The molecule has 2 N–H and O–H groups in total. The maximum atomic E-state index is 12.2. The van der Waals surface area contributed by atoms with E-state index in [9.17, 15) is 4.79 Å². The van der Waals surface area contributed by atoms with E-state index in [1.54, 1.807) is 5.38 Å². The summed E-state index contributed by atoms with van der Waals surface area (Å²) >= 11 is 1.39. The topological polar surface area (TPSA) is 85.0 Å². The average Bonchev–Trinajstić information content (AvgIpc) is 3.31. The Morgan fingerprint density at radius 3 is 2.96 bits per heavy atom. The summed E-state index contributed by atoms with van der Waals surface area (Å²) in [5.41, 5.74) is 1.25. The van der Waals surface area contributed by atoms with Gasteiger partial charge in [-0.15, -0.1) is 11.3 Å². The lowest BCUT2D eigenvalue weighted by Crippen LogP contribution is -2.41. The van der Waals surface area contributed by atoms with Gasteiger partial charge in [0.25, 0.3) is 5.91 Å². The van der Waals surface area contributed by atoms with Crippen molar-refractivity contribution in [3.8, 4) is 11.5 Å². The lowest BCUT2D eigenvalue weighted by Gasteiger charge is -2.26. The first-order valence-electron chi connectivity index (χ1n) is 8.48. The van der Waals surface area contributed by atoms with Crippen molar-refractivity contribution >= 4 is 28.1 Å². The van der Waals surface area contributed by atoms with Gasteiger partial charge in [0.05, 0.1) is 13.2 Å². The van der Waals surface area contributed by atoms with Crippen LogP contribution in [0.3, 0.4) is 0 Å². The number of hydrogen-bond donors (Lipinski definition) is 2. The second-order valence-electron chi connectivity index (χ2n) is 5.94. The standard InChI is InChI=1S/C17H20N4O4S/c22-16(18-3-4-21-5-7-23-8-6-21)13-10-26-17(20-13)19-12-1-2-14-15(9-12)25-11-24-14/h1-2,9-10H,3-8,11H2,(H,18,22)(H,19,20). The summed E-state index contributed by atoms with van der Waals surface area (Å²) in [6.45, 7) is 5.00. The van der Waals surface area contributed by atoms with Gasteiger partial charge in [0.1, 0.15) is 5.69 Å². The molecule has 1 amide bonds. The minimum Gasteiger partial charge on any atom is -0.454 e. The Balaban J connectivity index is 1.28. The molecular weight excluding hydrogens is 356 g/mol. The van der Waals surface area contributed by atoms with E-state index in [1.807, 2.05) is 18.2 Å². The third-order valence-corrected chi connectivity index (χ3v) is 4.94. The molecule has 138 valence electrons. The number of ether oxygens (including phenoxy) is 3. The fraction of sp³-hybridized carbons (Fsp3) is 0.412. The third-order valence-electron chi connectivity index (χ3n) is 4.18. The first-order valence-corrected chi connectivity index (χ1v) is 9.36. The molecule has 0 saturated carbocycles. The number of morpholine rings is 1. The van der Waals surface area contributed by atoms with Crippen LogP contribution in [0, 0.1) is 0 Å². The molecule has 3 heterocycles. The summed E-state index contributed by atoms with van der Waals surface area (Å²) in [7, 11) is 0. The molecule has 0 atom stereocenters. The number of thiazole rings is 1. The molecule has 2 aromatic rings. The number of fused-ring (bicyclic) bond motifs is 1. The Kier molecular flexibility index (Phi) is 5.19. The average molecular weight is 376 g/mol. The monoisotopic (exact) mass is 376 g/mol. The third kappa shape index (κ3) is 4.06. The Morgan fingerprint density at radius 1 is 1.23 bits per heavy atom. The summed E-state index contributed by atoms with van der Waals surface area (Å²) in [5, 5.41) is 8.51. The van der Waals surface area contributed by atoms with Crippen molar-refractivity contribution in [2.75, 3.05) is 51.5 Å². The molecule has 1 saturated heterocycles. The predicted octanol–water partition coefficient (Wildman–Crippen LogP) is 1.68. The number of rotatable bonds is 6. The van der Waals surface area contributed by atoms with E-state index in [1.165, 1.54) is 11.3 Å². The van der Waals surface area contributed by atoms with Gasteiger partial charge < -0.3 is 24.8 Å². The number of hydrogen-bond acceptors (Lipinski definition) is 8. The Morgan fingerprint density at radius 2 is 2.08 bits per heavy atom. The van der Waals surface area contributed by atoms with E-state index in [0.29, 0.717) is 23.1 Å². The number of nitrogens with one attached hydrogen (secondary N) is 2. The van der Waals surface area contributed by atoms with E-state index in [0.717, 1.165) is 44.3 Å². The molecule has 1 aromatic heterocycles. The van der Waals surface area contributed by atoms with Crippen LogP contribution in [0.25, 0.3) is 0 Å². The van der Waals surface area contributed by atoms with Crippen molar-refractivity contribution < 1.29 is 19.0 Å². The highest BCUT2D eigenvalue weighted by atomic mass is 32.1. The quantitative estimate of drug-likeness (QED) is 0.793. The summed E-state index contributed by atoms with van der Waals surface area (Å²) in [6, 6.07) is 5.58. The number of aromatic nitrogens is 1.